The molecule has 0 aromatic heterocycles. The number of benzene rings is 2. The van der Waals surface area contributed by atoms with E-state index in [0.717, 1.165) is 22.4 Å². The Labute approximate surface area is 149 Å². The summed E-state index contributed by atoms with van der Waals surface area (Å²) in [5, 5.41) is 0. The minimum absolute atomic E-state index is 0.158. The van der Waals surface area contributed by atoms with Crippen molar-refractivity contribution in [3.05, 3.63) is 57.6 Å². The van der Waals surface area contributed by atoms with Gasteiger partial charge in [-0.25, -0.2) is 0 Å². The zero-order chi connectivity index (χ0) is 19.4. The Kier molecular flexibility index (Phi) is 7.13. The van der Waals surface area contributed by atoms with E-state index < -0.39 is 10.1 Å². The summed E-state index contributed by atoms with van der Waals surface area (Å²) in [7, 11) is -3.80. The molecule has 0 radical (unpaired) electrons. The maximum absolute atomic E-state index is 11.4. The molecule has 138 valence electrons. The minimum atomic E-state index is -3.80. The third-order valence-electron chi connectivity index (χ3n) is 3.70. The Morgan fingerprint density at radius 3 is 1.40 bits per heavy atom. The van der Waals surface area contributed by atoms with Crippen molar-refractivity contribution in [3.8, 4) is 5.75 Å². The van der Waals surface area contributed by atoms with E-state index in [1.165, 1.54) is 5.56 Å². The third kappa shape index (κ3) is 5.27. The van der Waals surface area contributed by atoms with E-state index in [2.05, 4.69) is 23.3 Å². The molecule has 0 saturated carbocycles. The average molecular weight is 366 g/mol. The van der Waals surface area contributed by atoms with Gasteiger partial charge in [0.25, 0.3) is 0 Å². The standard InChI is InChI=1S/C9H13NO3S.C9H13NO/c1-6-4-7(2)9(8(3)5-6)14(11,12)13-10;1-6-4-7(2)9(11-10)8(3)5-6/h4-5H,10H2,1-3H3;4-5H,10H2,1-3H3. The van der Waals surface area contributed by atoms with Crippen LogP contribution in [0.4, 0.5) is 0 Å². The van der Waals surface area contributed by atoms with Crippen LogP contribution in [-0.4, -0.2) is 8.42 Å². The summed E-state index contributed by atoms with van der Waals surface area (Å²) in [6.07, 6.45) is 0. The zero-order valence-corrected chi connectivity index (χ0v) is 16.3. The minimum Gasteiger partial charge on any atom is -0.411 e. The molecular weight excluding hydrogens is 340 g/mol. The van der Waals surface area contributed by atoms with E-state index in [4.69, 9.17) is 16.6 Å². The van der Waals surface area contributed by atoms with Crippen LogP contribution in [0.15, 0.2) is 29.2 Å². The van der Waals surface area contributed by atoms with Crippen LogP contribution in [0.5, 0.6) is 5.75 Å². The SMILES string of the molecule is Cc1cc(C)c(ON)c(C)c1.Cc1cc(C)c(S(=O)(=O)ON)c(C)c1. The fourth-order valence-electron chi connectivity index (χ4n) is 2.96. The molecule has 6 nitrogen and oxygen atoms in total. The molecule has 7 heteroatoms. The average Bonchev–Trinajstić information content (AvgIpc) is 2.45. The highest BCUT2D eigenvalue weighted by molar-refractivity contribution is 7.86. The van der Waals surface area contributed by atoms with Gasteiger partial charge < -0.3 is 4.84 Å². The van der Waals surface area contributed by atoms with Gasteiger partial charge in [0, 0.05) is 0 Å². The Morgan fingerprint density at radius 1 is 0.720 bits per heavy atom. The first-order chi connectivity index (χ1) is 11.5. The molecule has 0 fully saturated rings. The van der Waals surface area contributed by atoms with Gasteiger partial charge in [-0.15, -0.1) is 0 Å². The molecule has 0 atom stereocenters. The maximum atomic E-state index is 11.4. The molecule has 0 amide bonds. The second-order valence-corrected chi connectivity index (χ2v) is 7.63. The van der Waals surface area contributed by atoms with Crippen LogP contribution in [0.2, 0.25) is 0 Å². The Bertz CT molecular complexity index is 815. The van der Waals surface area contributed by atoms with Gasteiger partial charge in [0.15, 0.2) is 5.75 Å². The summed E-state index contributed by atoms with van der Waals surface area (Å²) in [6.45, 7) is 11.4. The first kappa shape index (κ1) is 21.1. The van der Waals surface area contributed by atoms with Gasteiger partial charge in [-0.2, -0.15) is 24.5 Å². The van der Waals surface area contributed by atoms with Crippen molar-refractivity contribution < 1.29 is 17.5 Å². The van der Waals surface area contributed by atoms with E-state index in [9.17, 15) is 8.42 Å². The van der Waals surface area contributed by atoms with Crippen LogP contribution in [0, 0.1) is 41.5 Å². The first-order valence-electron chi connectivity index (χ1n) is 7.69. The summed E-state index contributed by atoms with van der Waals surface area (Å²) < 4.78 is 26.8. The van der Waals surface area contributed by atoms with Gasteiger partial charge in [-0.05, 0) is 63.8 Å². The van der Waals surface area contributed by atoms with Gasteiger partial charge in [0.1, 0.15) is 4.90 Å². The molecule has 0 spiro atoms. The molecule has 25 heavy (non-hydrogen) atoms. The molecule has 0 bridgehead atoms. The molecule has 0 saturated heterocycles. The van der Waals surface area contributed by atoms with E-state index in [1.807, 2.05) is 20.8 Å². The van der Waals surface area contributed by atoms with Crippen molar-refractivity contribution in [1.82, 2.24) is 0 Å². The summed E-state index contributed by atoms with van der Waals surface area (Å²) in [4.78, 5) is 4.89. The van der Waals surface area contributed by atoms with Crippen LogP contribution >= 0.6 is 0 Å². The fourth-order valence-corrected chi connectivity index (χ4v) is 3.96. The van der Waals surface area contributed by atoms with Gasteiger partial charge in [0.2, 0.25) is 0 Å². The lowest BCUT2D eigenvalue weighted by molar-refractivity contribution is 0.329. The second-order valence-electron chi connectivity index (χ2n) is 6.12. The van der Waals surface area contributed by atoms with Crippen molar-refractivity contribution in [3.63, 3.8) is 0 Å². The van der Waals surface area contributed by atoms with E-state index in [0.29, 0.717) is 11.1 Å². The smallest absolute Gasteiger partial charge is 0.313 e. The molecule has 4 N–H and O–H groups in total. The summed E-state index contributed by atoms with van der Waals surface area (Å²) in [6, 6.07) is 7.65. The Balaban J connectivity index is 0.000000257. The number of hydrogen-bond acceptors (Lipinski definition) is 6. The van der Waals surface area contributed by atoms with Crippen molar-refractivity contribution >= 4 is 10.1 Å². The molecule has 0 heterocycles. The zero-order valence-electron chi connectivity index (χ0n) is 15.5. The Morgan fingerprint density at radius 2 is 1.08 bits per heavy atom. The topological polar surface area (TPSA) is 105 Å². The molecule has 0 aliphatic carbocycles. The van der Waals surface area contributed by atoms with Crippen LogP contribution in [0.25, 0.3) is 0 Å². The van der Waals surface area contributed by atoms with E-state index in [1.54, 1.807) is 26.0 Å². The fraction of sp³-hybridized carbons (Fsp3) is 0.333. The summed E-state index contributed by atoms with van der Waals surface area (Å²) in [5.74, 6) is 10.6. The molecule has 2 rings (SSSR count). The van der Waals surface area contributed by atoms with Crippen molar-refractivity contribution in [2.75, 3.05) is 0 Å². The lowest BCUT2D eigenvalue weighted by Gasteiger charge is -2.09. The highest BCUT2D eigenvalue weighted by Gasteiger charge is 2.19. The second kappa shape index (κ2) is 8.44. The molecule has 2 aromatic rings. The van der Waals surface area contributed by atoms with Crippen LogP contribution in [0.1, 0.15) is 33.4 Å². The van der Waals surface area contributed by atoms with E-state index >= 15 is 0 Å². The molecule has 2 aromatic carbocycles. The van der Waals surface area contributed by atoms with Crippen LogP contribution in [-0.2, 0) is 14.4 Å². The van der Waals surface area contributed by atoms with Crippen molar-refractivity contribution in [2.24, 2.45) is 11.8 Å². The van der Waals surface area contributed by atoms with Gasteiger partial charge in [-0.1, -0.05) is 35.4 Å². The molecular formula is C18H26N2O4S. The molecule has 0 unspecified atom stereocenters. The number of nitrogens with two attached hydrogens (primary N) is 2. The molecule has 0 aliphatic heterocycles. The first-order valence-corrected chi connectivity index (χ1v) is 9.10. The van der Waals surface area contributed by atoms with Crippen molar-refractivity contribution in [1.29, 1.82) is 0 Å². The van der Waals surface area contributed by atoms with Gasteiger partial charge in [0.05, 0.1) is 0 Å². The lowest BCUT2D eigenvalue weighted by Crippen LogP contribution is -2.14. The third-order valence-corrected chi connectivity index (χ3v) is 5.10. The van der Waals surface area contributed by atoms with E-state index in [-0.39, 0.29) is 4.90 Å². The van der Waals surface area contributed by atoms with Crippen molar-refractivity contribution in [2.45, 2.75) is 46.4 Å². The quantitative estimate of drug-likeness (QED) is 0.809. The van der Waals surface area contributed by atoms with Crippen LogP contribution in [0.3, 0.4) is 0 Å². The Hall–Kier alpha value is -1.93. The largest absolute Gasteiger partial charge is 0.411 e. The predicted octanol–water partition coefficient (Wildman–Crippen LogP) is 3.06. The highest BCUT2D eigenvalue weighted by Crippen LogP contribution is 2.23. The van der Waals surface area contributed by atoms with Crippen LogP contribution < -0.4 is 16.6 Å². The number of rotatable bonds is 3. The summed E-state index contributed by atoms with van der Waals surface area (Å²) >= 11 is 0. The normalized spacial score (nSPS) is 10.9. The predicted molar refractivity (Wildman–Crippen MR) is 98.6 cm³/mol. The molecule has 0 aliphatic rings. The number of aryl methyl sites for hydroxylation is 6. The highest BCUT2D eigenvalue weighted by atomic mass is 32.2. The maximum Gasteiger partial charge on any atom is 0.313 e. The van der Waals surface area contributed by atoms with Gasteiger partial charge in [-0.3, -0.25) is 0 Å². The monoisotopic (exact) mass is 366 g/mol. The van der Waals surface area contributed by atoms with Gasteiger partial charge >= 0.3 is 10.1 Å². The summed E-state index contributed by atoms with van der Waals surface area (Å²) in [5.41, 5.74) is 5.72. The lowest BCUT2D eigenvalue weighted by atomic mass is 10.1. The number of hydrogen-bond donors (Lipinski definition) is 2.